The summed E-state index contributed by atoms with van der Waals surface area (Å²) >= 11 is 0. The fourth-order valence-corrected chi connectivity index (χ4v) is 4.80. The van der Waals surface area contributed by atoms with Gasteiger partial charge in [0.15, 0.2) is 23.2 Å². The molecule has 10 heteroatoms. The van der Waals surface area contributed by atoms with Gasteiger partial charge in [-0.25, -0.2) is 4.68 Å². The summed E-state index contributed by atoms with van der Waals surface area (Å²) in [6.07, 6.45) is -4.12. The second-order valence-electron chi connectivity index (χ2n) is 8.71. The van der Waals surface area contributed by atoms with E-state index in [1.165, 1.54) is 25.8 Å². The largest absolute Gasteiger partial charge is 0.493 e. The summed E-state index contributed by atoms with van der Waals surface area (Å²) in [7, 11) is 2.97. The summed E-state index contributed by atoms with van der Waals surface area (Å²) in [6, 6.07) is 11.8. The zero-order valence-electron chi connectivity index (χ0n) is 19.3. The molecule has 0 spiro atoms. The van der Waals surface area contributed by atoms with E-state index in [9.17, 15) is 18.0 Å². The molecule has 1 N–H and O–H groups in total. The normalized spacial score (nSPS) is 19.4. The molecule has 2 atom stereocenters. The first-order chi connectivity index (χ1) is 16.8. The number of benzene rings is 2. The van der Waals surface area contributed by atoms with E-state index in [-0.39, 0.29) is 23.8 Å². The molecular formula is C25H25F3N4O3. The third-order valence-corrected chi connectivity index (χ3v) is 6.64. The molecule has 2 aliphatic heterocycles. The van der Waals surface area contributed by atoms with Crippen LogP contribution in [0.5, 0.6) is 11.5 Å². The van der Waals surface area contributed by atoms with Crippen molar-refractivity contribution in [3.8, 4) is 11.5 Å². The number of halogens is 3. The first-order valence-electron chi connectivity index (χ1n) is 11.3. The van der Waals surface area contributed by atoms with Crippen molar-refractivity contribution in [1.29, 1.82) is 0 Å². The number of hydrogen-bond donors (Lipinski definition) is 1. The molecule has 35 heavy (non-hydrogen) atoms. The zero-order valence-corrected chi connectivity index (χ0v) is 19.3. The fourth-order valence-electron chi connectivity index (χ4n) is 4.80. The van der Waals surface area contributed by atoms with Crippen molar-refractivity contribution in [2.75, 3.05) is 26.1 Å². The van der Waals surface area contributed by atoms with Gasteiger partial charge in [-0.2, -0.15) is 18.3 Å². The molecular weight excluding hydrogens is 461 g/mol. The van der Waals surface area contributed by atoms with Gasteiger partial charge in [0, 0.05) is 25.6 Å². The lowest BCUT2D eigenvalue weighted by atomic mass is 9.96. The third-order valence-electron chi connectivity index (χ3n) is 6.64. The number of methoxy groups -OCH3 is 2. The molecule has 0 aliphatic carbocycles. The molecule has 0 fully saturated rings. The minimum atomic E-state index is -4.54. The van der Waals surface area contributed by atoms with Crippen molar-refractivity contribution in [2.45, 2.75) is 37.6 Å². The Balaban J connectivity index is 1.44. The van der Waals surface area contributed by atoms with Crippen LogP contribution in [0.3, 0.4) is 0 Å². The van der Waals surface area contributed by atoms with Crippen LogP contribution in [0.2, 0.25) is 0 Å². The number of alkyl halides is 3. The molecule has 0 radical (unpaired) electrons. The number of rotatable bonds is 4. The Labute approximate surface area is 200 Å². The van der Waals surface area contributed by atoms with E-state index in [0.29, 0.717) is 36.6 Å². The van der Waals surface area contributed by atoms with Crippen LogP contribution < -0.4 is 14.8 Å². The second kappa shape index (κ2) is 8.83. The summed E-state index contributed by atoms with van der Waals surface area (Å²) in [5, 5.41) is 7.25. The quantitative estimate of drug-likeness (QED) is 0.576. The van der Waals surface area contributed by atoms with E-state index >= 15 is 0 Å². The lowest BCUT2D eigenvalue weighted by Crippen LogP contribution is -2.37. The number of amides is 1. The molecule has 2 aliphatic rings. The van der Waals surface area contributed by atoms with E-state index in [1.807, 2.05) is 24.3 Å². The number of carbonyl (C=O) groups is 1. The van der Waals surface area contributed by atoms with E-state index in [4.69, 9.17) is 9.47 Å². The van der Waals surface area contributed by atoms with Gasteiger partial charge in [-0.1, -0.05) is 30.3 Å². The fraction of sp³-hybridized carbons (Fsp3) is 0.360. The van der Waals surface area contributed by atoms with Gasteiger partial charge in [-0.3, -0.25) is 4.79 Å². The Morgan fingerprint density at radius 2 is 1.80 bits per heavy atom. The van der Waals surface area contributed by atoms with Crippen molar-refractivity contribution in [3.63, 3.8) is 0 Å². The standard InChI is InChI=1S/C25H25F3N4O3/c1-34-20-8-7-16(11-21(20)35-2)18-12-22(25(26,27)28)32-23(29-18)13-19(30-32)24(33)31-10-9-15-5-3-4-6-17(15)14-31/h3-8,11,13,18,22,29H,9-10,12,14H2,1-2H3. The third kappa shape index (κ3) is 4.28. The van der Waals surface area contributed by atoms with Gasteiger partial charge in [0.05, 0.1) is 20.3 Å². The van der Waals surface area contributed by atoms with Gasteiger partial charge in [-0.15, -0.1) is 0 Å². The van der Waals surface area contributed by atoms with Crippen molar-refractivity contribution in [2.24, 2.45) is 0 Å². The maximum Gasteiger partial charge on any atom is 0.410 e. The van der Waals surface area contributed by atoms with Crippen LogP contribution in [0.15, 0.2) is 48.5 Å². The number of anilines is 1. The summed E-state index contributed by atoms with van der Waals surface area (Å²) in [5.74, 6) is 0.682. The van der Waals surface area contributed by atoms with Crippen LogP contribution in [-0.4, -0.2) is 47.5 Å². The number of ether oxygens (including phenoxy) is 2. The van der Waals surface area contributed by atoms with Crippen LogP contribution in [-0.2, 0) is 13.0 Å². The first-order valence-corrected chi connectivity index (χ1v) is 11.3. The average molecular weight is 486 g/mol. The molecule has 3 aromatic rings. The zero-order chi connectivity index (χ0) is 24.7. The van der Waals surface area contributed by atoms with Crippen molar-refractivity contribution in [3.05, 3.63) is 70.9 Å². The van der Waals surface area contributed by atoms with Crippen molar-refractivity contribution >= 4 is 11.7 Å². The highest BCUT2D eigenvalue weighted by Gasteiger charge is 2.47. The number of nitrogens with zero attached hydrogens (tertiary/aromatic N) is 3. The smallest absolute Gasteiger partial charge is 0.410 e. The van der Waals surface area contributed by atoms with Crippen molar-refractivity contribution < 1.29 is 27.4 Å². The number of nitrogens with one attached hydrogen (secondary N) is 1. The predicted molar refractivity (Wildman–Crippen MR) is 123 cm³/mol. The molecule has 0 saturated carbocycles. The SMILES string of the molecule is COc1ccc(C2CC(C(F)(F)F)n3nc(C(=O)N4CCc5ccccc5C4)cc3N2)cc1OC. The van der Waals surface area contributed by atoms with Crippen LogP contribution in [0, 0.1) is 0 Å². The van der Waals surface area contributed by atoms with E-state index in [0.717, 1.165) is 10.2 Å². The Bertz CT molecular complexity index is 1260. The van der Waals surface area contributed by atoms with E-state index < -0.39 is 18.3 Å². The van der Waals surface area contributed by atoms with Crippen LogP contribution in [0.25, 0.3) is 0 Å². The summed E-state index contributed by atoms with van der Waals surface area (Å²) < 4.78 is 53.7. The first kappa shape index (κ1) is 23.1. The Hall–Kier alpha value is -3.69. The lowest BCUT2D eigenvalue weighted by molar-refractivity contribution is -0.173. The Kier molecular flexibility index (Phi) is 5.82. The Morgan fingerprint density at radius 3 is 2.51 bits per heavy atom. The molecule has 5 rings (SSSR count). The van der Waals surface area contributed by atoms with Gasteiger partial charge < -0.3 is 19.7 Å². The van der Waals surface area contributed by atoms with Gasteiger partial charge in [0.1, 0.15) is 5.82 Å². The number of hydrogen-bond acceptors (Lipinski definition) is 5. The van der Waals surface area contributed by atoms with Crippen molar-refractivity contribution in [1.82, 2.24) is 14.7 Å². The molecule has 0 saturated heterocycles. The van der Waals surface area contributed by atoms with E-state index in [2.05, 4.69) is 10.4 Å². The van der Waals surface area contributed by atoms with Gasteiger partial charge in [0.25, 0.3) is 5.91 Å². The number of carbonyl (C=O) groups excluding carboxylic acids is 1. The number of fused-ring (bicyclic) bond motifs is 2. The second-order valence-corrected chi connectivity index (χ2v) is 8.71. The highest BCUT2D eigenvalue weighted by atomic mass is 19.4. The molecule has 7 nitrogen and oxygen atoms in total. The monoisotopic (exact) mass is 486 g/mol. The predicted octanol–water partition coefficient (Wildman–Crippen LogP) is 4.76. The molecule has 3 heterocycles. The summed E-state index contributed by atoms with van der Waals surface area (Å²) in [4.78, 5) is 14.8. The maximum atomic E-state index is 14.1. The summed E-state index contributed by atoms with van der Waals surface area (Å²) in [5.41, 5.74) is 2.83. The summed E-state index contributed by atoms with van der Waals surface area (Å²) in [6.45, 7) is 0.893. The van der Waals surface area contributed by atoms with Gasteiger partial charge in [0.2, 0.25) is 0 Å². The topological polar surface area (TPSA) is 68.6 Å². The maximum absolute atomic E-state index is 14.1. The Morgan fingerprint density at radius 1 is 1.06 bits per heavy atom. The molecule has 1 aromatic heterocycles. The van der Waals surface area contributed by atoms with Crippen LogP contribution in [0.1, 0.15) is 45.7 Å². The molecule has 2 aromatic carbocycles. The van der Waals surface area contributed by atoms with Crippen LogP contribution >= 0.6 is 0 Å². The van der Waals surface area contributed by atoms with Crippen LogP contribution in [0.4, 0.5) is 19.0 Å². The average Bonchev–Trinajstić information content (AvgIpc) is 3.30. The minimum absolute atomic E-state index is 0.00547. The highest BCUT2D eigenvalue weighted by molar-refractivity contribution is 5.93. The van der Waals surface area contributed by atoms with Gasteiger partial charge in [-0.05, 0) is 35.2 Å². The minimum Gasteiger partial charge on any atom is -0.493 e. The molecule has 184 valence electrons. The number of aromatic nitrogens is 2. The lowest BCUT2D eigenvalue weighted by Gasteiger charge is -2.33. The molecule has 2 unspecified atom stereocenters. The highest BCUT2D eigenvalue weighted by Crippen LogP contribution is 2.44. The molecule has 1 amide bonds. The van der Waals surface area contributed by atoms with Gasteiger partial charge >= 0.3 is 6.18 Å². The molecule has 0 bridgehead atoms. The van der Waals surface area contributed by atoms with E-state index in [1.54, 1.807) is 23.1 Å².